The smallest absolute Gasteiger partial charge is 0.417 e. The molecule has 0 saturated carbocycles. The molecule has 1 N–H and O–H groups in total. The zero-order valence-electron chi connectivity index (χ0n) is 18.0. The molecule has 174 valence electrons. The summed E-state index contributed by atoms with van der Waals surface area (Å²) in [5, 5.41) is 2.95. The number of carbonyl (C=O) groups is 1. The van der Waals surface area contributed by atoms with Crippen molar-refractivity contribution in [3.8, 4) is 11.5 Å². The molecule has 34 heavy (non-hydrogen) atoms. The van der Waals surface area contributed by atoms with Gasteiger partial charge < -0.3 is 14.6 Å². The second kappa shape index (κ2) is 8.81. The molecular weight excluding hydrogens is 445 g/mol. The monoisotopic (exact) mass is 466 g/mol. The second-order valence-electron chi connectivity index (χ2n) is 8.22. The molecule has 0 unspecified atom stereocenters. The first-order valence-electron chi connectivity index (χ1n) is 10.9. The Morgan fingerprint density at radius 3 is 2.38 bits per heavy atom. The number of rotatable bonds is 4. The number of benzene rings is 2. The molecule has 0 atom stereocenters. The number of para-hydroxylation sites is 2. The van der Waals surface area contributed by atoms with E-state index < -0.39 is 11.7 Å². The van der Waals surface area contributed by atoms with Crippen molar-refractivity contribution in [2.75, 3.05) is 23.3 Å². The van der Waals surface area contributed by atoms with E-state index in [9.17, 15) is 18.0 Å². The van der Waals surface area contributed by atoms with Crippen molar-refractivity contribution in [3.05, 3.63) is 72.4 Å². The Kier molecular flexibility index (Phi) is 5.69. The second-order valence-corrected chi connectivity index (χ2v) is 8.22. The molecule has 0 bridgehead atoms. The molecule has 4 aromatic rings. The van der Waals surface area contributed by atoms with Gasteiger partial charge in [0.1, 0.15) is 11.3 Å². The van der Waals surface area contributed by atoms with Crippen LogP contribution in [0.2, 0.25) is 0 Å². The lowest BCUT2D eigenvalue weighted by atomic mass is 9.95. The van der Waals surface area contributed by atoms with Crippen LogP contribution in [-0.4, -0.2) is 29.0 Å². The first-order chi connectivity index (χ1) is 16.4. The molecule has 1 saturated heterocycles. The van der Waals surface area contributed by atoms with Crippen molar-refractivity contribution in [1.29, 1.82) is 0 Å². The van der Waals surface area contributed by atoms with E-state index in [1.807, 2.05) is 53.4 Å². The maximum absolute atomic E-state index is 12.7. The largest absolute Gasteiger partial charge is 0.436 e. The zero-order chi connectivity index (χ0) is 23.7. The van der Waals surface area contributed by atoms with Gasteiger partial charge in [-0.15, -0.1) is 0 Å². The Morgan fingerprint density at radius 2 is 1.74 bits per heavy atom. The number of amides is 1. The van der Waals surface area contributed by atoms with Crippen molar-refractivity contribution in [2.24, 2.45) is 5.92 Å². The molecule has 9 heteroatoms. The van der Waals surface area contributed by atoms with Crippen LogP contribution in [-0.2, 0) is 11.0 Å². The van der Waals surface area contributed by atoms with E-state index in [0.29, 0.717) is 48.9 Å². The van der Waals surface area contributed by atoms with Gasteiger partial charge in [0, 0.05) is 36.5 Å². The first-order valence-corrected chi connectivity index (χ1v) is 10.9. The Bertz CT molecular complexity index is 1260. The van der Waals surface area contributed by atoms with Crippen molar-refractivity contribution < 1.29 is 22.4 Å². The first kappa shape index (κ1) is 21.9. The Balaban J connectivity index is 1.17. The highest BCUT2D eigenvalue weighted by Gasteiger charge is 2.31. The number of carbonyl (C=O) groups excluding carboxylic acids is 1. The van der Waals surface area contributed by atoms with Crippen LogP contribution in [0, 0.1) is 5.92 Å². The number of alkyl halides is 3. The number of oxazole rings is 1. The van der Waals surface area contributed by atoms with Gasteiger partial charge in [-0.3, -0.25) is 4.79 Å². The fraction of sp³-hybridized carbons (Fsp3) is 0.240. The van der Waals surface area contributed by atoms with E-state index >= 15 is 0 Å². The minimum Gasteiger partial charge on any atom is -0.436 e. The maximum Gasteiger partial charge on any atom is 0.417 e. The van der Waals surface area contributed by atoms with Crippen LogP contribution in [0.4, 0.5) is 24.7 Å². The average molecular weight is 466 g/mol. The van der Waals surface area contributed by atoms with Crippen LogP contribution in [0.25, 0.3) is 22.6 Å². The number of hydrogen-bond acceptors (Lipinski definition) is 5. The van der Waals surface area contributed by atoms with E-state index in [2.05, 4.69) is 15.3 Å². The fourth-order valence-electron chi connectivity index (χ4n) is 4.05. The summed E-state index contributed by atoms with van der Waals surface area (Å²) in [5.74, 6) is 0.752. The standard InChI is InChI=1S/C25H21F3N4O2/c26-25(27,28)18-7-10-22(29-15-18)32-13-11-16(12-14-32)23(33)30-19-8-5-17(6-9-19)24-31-20-3-1-2-4-21(20)34-24/h1-10,15-16H,11-14H2,(H,30,33). The molecule has 3 heterocycles. The van der Waals surface area contributed by atoms with Crippen molar-refractivity contribution in [2.45, 2.75) is 19.0 Å². The Hall–Kier alpha value is -3.88. The summed E-state index contributed by atoms with van der Waals surface area (Å²) < 4.78 is 44.0. The van der Waals surface area contributed by atoms with Gasteiger partial charge in [0.05, 0.1) is 5.56 Å². The van der Waals surface area contributed by atoms with Crippen LogP contribution in [0.5, 0.6) is 0 Å². The van der Waals surface area contributed by atoms with Crippen molar-refractivity contribution in [1.82, 2.24) is 9.97 Å². The molecule has 1 fully saturated rings. The topological polar surface area (TPSA) is 71.3 Å². The molecule has 0 spiro atoms. The molecule has 5 rings (SSSR count). The minimum atomic E-state index is -4.41. The van der Waals surface area contributed by atoms with Gasteiger partial charge in [0.2, 0.25) is 11.8 Å². The number of hydrogen-bond donors (Lipinski definition) is 1. The third-order valence-corrected chi connectivity index (χ3v) is 5.96. The number of nitrogens with one attached hydrogen (secondary N) is 1. The highest BCUT2D eigenvalue weighted by Crippen LogP contribution is 2.30. The van der Waals surface area contributed by atoms with Gasteiger partial charge in [-0.1, -0.05) is 12.1 Å². The molecular formula is C25H21F3N4O2. The van der Waals surface area contributed by atoms with Gasteiger partial charge in [0.15, 0.2) is 5.58 Å². The zero-order valence-corrected chi connectivity index (χ0v) is 18.0. The van der Waals surface area contributed by atoms with Gasteiger partial charge in [-0.05, 0) is 61.4 Å². The summed E-state index contributed by atoms with van der Waals surface area (Å²) >= 11 is 0. The van der Waals surface area contributed by atoms with Crippen molar-refractivity contribution in [3.63, 3.8) is 0 Å². The van der Waals surface area contributed by atoms with Gasteiger partial charge in [-0.25, -0.2) is 9.97 Å². The molecule has 2 aromatic carbocycles. The highest BCUT2D eigenvalue weighted by atomic mass is 19.4. The van der Waals surface area contributed by atoms with Crippen LogP contribution >= 0.6 is 0 Å². The predicted molar refractivity (Wildman–Crippen MR) is 122 cm³/mol. The van der Waals surface area contributed by atoms with E-state index in [0.717, 1.165) is 23.3 Å². The lowest BCUT2D eigenvalue weighted by Crippen LogP contribution is -2.38. The van der Waals surface area contributed by atoms with Gasteiger partial charge in [-0.2, -0.15) is 13.2 Å². The number of piperidine rings is 1. The average Bonchev–Trinajstić information content (AvgIpc) is 3.28. The number of aromatic nitrogens is 2. The predicted octanol–water partition coefficient (Wildman–Crippen LogP) is 5.76. The number of fused-ring (bicyclic) bond motifs is 1. The third-order valence-electron chi connectivity index (χ3n) is 5.96. The Morgan fingerprint density at radius 1 is 1.00 bits per heavy atom. The van der Waals surface area contributed by atoms with Crippen LogP contribution in [0.15, 0.2) is 71.3 Å². The molecule has 1 aliphatic heterocycles. The number of anilines is 2. The molecule has 0 radical (unpaired) electrons. The number of pyridine rings is 1. The molecule has 1 amide bonds. The summed E-state index contributed by atoms with van der Waals surface area (Å²) in [6.45, 7) is 1.10. The third kappa shape index (κ3) is 4.59. The summed E-state index contributed by atoms with van der Waals surface area (Å²) in [6.07, 6.45) is -2.37. The number of halogens is 3. The molecule has 6 nitrogen and oxygen atoms in total. The molecule has 0 aliphatic carbocycles. The van der Waals surface area contributed by atoms with Crippen LogP contribution in [0.3, 0.4) is 0 Å². The highest BCUT2D eigenvalue weighted by molar-refractivity contribution is 5.93. The summed E-state index contributed by atoms with van der Waals surface area (Å²) in [7, 11) is 0. The van der Waals surface area contributed by atoms with E-state index in [1.54, 1.807) is 0 Å². The molecule has 1 aliphatic rings. The quantitative estimate of drug-likeness (QED) is 0.414. The van der Waals surface area contributed by atoms with Gasteiger partial charge in [0.25, 0.3) is 0 Å². The van der Waals surface area contributed by atoms with E-state index in [-0.39, 0.29) is 11.8 Å². The van der Waals surface area contributed by atoms with Crippen molar-refractivity contribution >= 4 is 28.5 Å². The Labute approximate surface area is 193 Å². The van der Waals surface area contributed by atoms with E-state index in [1.165, 1.54) is 6.07 Å². The summed E-state index contributed by atoms with van der Waals surface area (Å²) in [6, 6.07) is 17.3. The lowest BCUT2D eigenvalue weighted by molar-refractivity contribution is -0.137. The summed E-state index contributed by atoms with van der Waals surface area (Å²) in [4.78, 5) is 23.1. The number of nitrogens with zero attached hydrogens (tertiary/aromatic N) is 3. The molecule has 2 aromatic heterocycles. The lowest BCUT2D eigenvalue weighted by Gasteiger charge is -2.32. The van der Waals surface area contributed by atoms with Crippen LogP contribution in [0.1, 0.15) is 18.4 Å². The SMILES string of the molecule is O=C(Nc1ccc(-c2nc3ccccc3o2)cc1)C1CCN(c2ccc(C(F)(F)F)cn2)CC1. The normalized spacial score (nSPS) is 15.0. The minimum absolute atomic E-state index is 0.0744. The maximum atomic E-state index is 12.7. The van der Waals surface area contributed by atoms with Crippen LogP contribution < -0.4 is 10.2 Å². The fourth-order valence-corrected chi connectivity index (χ4v) is 4.05. The summed E-state index contributed by atoms with van der Waals surface area (Å²) in [5.41, 5.74) is 2.22. The van der Waals surface area contributed by atoms with Gasteiger partial charge >= 0.3 is 6.18 Å². The van der Waals surface area contributed by atoms with E-state index in [4.69, 9.17) is 4.42 Å².